The molecule has 2 aromatic carbocycles. The van der Waals surface area contributed by atoms with Gasteiger partial charge in [0.2, 0.25) is 0 Å². The lowest BCUT2D eigenvalue weighted by Gasteiger charge is -2.06. The minimum atomic E-state index is -4.43. The molecule has 126 valence electrons. The zero-order valence-corrected chi connectivity index (χ0v) is 12.9. The summed E-state index contributed by atoms with van der Waals surface area (Å²) in [6.45, 7) is -0.290. The molecule has 0 heterocycles. The average molecular weight is 357 g/mol. The minimum absolute atomic E-state index is 0.212. The van der Waals surface area contributed by atoms with Crippen molar-refractivity contribution in [3.05, 3.63) is 64.7 Å². The normalized spacial score (nSPS) is 11.5. The van der Waals surface area contributed by atoms with Crippen LogP contribution in [0.25, 0.3) is 0 Å². The number of nitrogens with one attached hydrogen (secondary N) is 1. The monoisotopic (exact) mass is 356 g/mol. The summed E-state index contributed by atoms with van der Waals surface area (Å²) in [5.74, 6) is -0.0930. The number of ether oxygens (including phenoxy) is 1. The first-order valence-electron chi connectivity index (χ1n) is 6.72. The van der Waals surface area contributed by atoms with Gasteiger partial charge in [-0.2, -0.15) is 18.3 Å². The van der Waals surface area contributed by atoms with Crippen LogP contribution in [0.5, 0.6) is 5.75 Å². The van der Waals surface area contributed by atoms with Gasteiger partial charge in [0.15, 0.2) is 6.61 Å². The third-order valence-corrected chi connectivity index (χ3v) is 3.05. The number of amides is 1. The predicted octanol–water partition coefficient (Wildman–Crippen LogP) is 3.89. The van der Waals surface area contributed by atoms with Crippen LogP contribution in [-0.2, 0) is 11.0 Å². The summed E-state index contributed by atoms with van der Waals surface area (Å²) >= 11 is 5.72. The van der Waals surface area contributed by atoms with E-state index in [4.69, 9.17) is 16.3 Å². The van der Waals surface area contributed by atoms with E-state index in [1.807, 2.05) is 0 Å². The lowest BCUT2D eigenvalue weighted by molar-refractivity contribution is -0.137. The van der Waals surface area contributed by atoms with Crippen molar-refractivity contribution in [1.82, 2.24) is 5.43 Å². The molecule has 2 aromatic rings. The highest BCUT2D eigenvalue weighted by Gasteiger charge is 2.30. The molecule has 2 rings (SSSR count). The Balaban J connectivity index is 1.85. The van der Waals surface area contributed by atoms with Crippen molar-refractivity contribution in [3.8, 4) is 5.75 Å². The maximum Gasteiger partial charge on any atom is 0.416 e. The smallest absolute Gasteiger partial charge is 0.416 e. The fraction of sp³-hybridized carbons (Fsp3) is 0.125. The Kier molecular flexibility index (Phi) is 5.81. The Morgan fingerprint density at radius 2 is 1.92 bits per heavy atom. The highest BCUT2D eigenvalue weighted by molar-refractivity contribution is 6.30. The van der Waals surface area contributed by atoms with Gasteiger partial charge in [0, 0.05) is 5.02 Å². The molecule has 0 aliphatic rings. The summed E-state index contributed by atoms with van der Waals surface area (Å²) in [6, 6.07) is 11.0. The summed E-state index contributed by atoms with van der Waals surface area (Å²) in [4.78, 5) is 11.5. The number of carbonyl (C=O) groups excluding carboxylic acids is 1. The van der Waals surface area contributed by atoms with Crippen LogP contribution < -0.4 is 10.2 Å². The molecule has 4 nitrogen and oxygen atoms in total. The molecule has 0 saturated carbocycles. The minimum Gasteiger partial charge on any atom is -0.484 e. The molecule has 0 bridgehead atoms. The van der Waals surface area contributed by atoms with E-state index in [9.17, 15) is 18.0 Å². The van der Waals surface area contributed by atoms with Crippen molar-refractivity contribution < 1.29 is 22.7 Å². The Morgan fingerprint density at radius 1 is 1.21 bits per heavy atom. The Bertz CT molecular complexity index is 731. The summed E-state index contributed by atoms with van der Waals surface area (Å²) < 4.78 is 42.9. The lowest BCUT2D eigenvalue weighted by atomic mass is 10.1. The number of nitrogens with zero attached hydrogens (tertiary/aromatic N) is 1. The van der Waals surface area contributed by atoms with E-state index in [2.05, 4.69) is 10.5 Å². The SMILES string of the molecule is O=C(COc1ccc(Cl)cc1)N/N=C\c1cccc(C(F)(F)F)c1. The van der Waals surface area contributed by atoms with Crippen LogP contribution in [-0.4, -0.2) is 18.7 Å². The number of carbonyl (C=O) groups is 1. The van der Waals surface area contributed by atoms with Gasteiger partial charge in [-0.25, -0.2) is 5.43 Å². The van der Waals surface area contributed by atoms with Crippen molar-refractivity contribution in [2.45, 2.75) is 6.18 Å². The molecule has 8 heteroatoms. The van der Waals surface area contributed by atoms with Gasteiger partial charge in [0.05, 0.1) is 11.8 Å². The molecule has 24 heavy (non-hydrogen) atoms. The quantitative estimate of drug-likeness (QED) is 0.652. The maximum atomic E-state index is 12.6. The van der Waals surface area contributed by atoms with Gasteiger partial charge in [0.25, 0.3) is 5.91 Å². The van der Waals surface area contributed by atoms with Gasteiger partial charge in [-0.05, 0) is 42.0 Å². The van der Waals surface area contributed by atoms with Gasteiger partial charge < -0.3 is 4.74 Å². The summed E-state index contributed by atoms with van der Waals surface area (Å²) in [5, 5.41) is 4.14. The molecule has 0 atom stereocenters. The molecule has 0 aliphatic heterocycles. The largest absolute Gasteiger partial charge is 0.484 e. The first-order chi connectivity index (χ1) is 11.3. The Labute approximate surface area is 140 Å². The maximum absolute atomic E-state index is 12.6. The summed E-state index contributed by atoms with van der Waals surface area (Å²) in [5.41, 5.74) is 1.59. The number of hydrogen-bond donors (Lipinski definition) is 1. The number of hydrogen-bond acceptors (Lipinski definition) is 3. The van der Waals surface area contributed by atoms with Crippen LogP contribution in [0.1, 0.15) is 11.1 Å². The van der Waals surface area contributed by atoms with Gasteiger partial charge in [-0.1, -0.05) is 23.7 Å². The highest BCUT2D eigenvalue weighted by Crippen LogP contribution is 2.29. The molecular weight excluding hydrogens is 345 g/mol. The molecular formula is C16H12ClF3N2O2. The van der Waals surface area contributed by atoms with Gasteiger partial charge in [-0.3, -0.25) is 4.79 Å². The summed E-state index contributed by atoms with van der Waals surface area (Å²) in [6.07, 6.45) is -3.31. The van der Waals surface area contributed by atoms with E-state index in [0.717, 1.165) is 18.3 Å². The van der Waals surface area contributed by atoms with Crippen molar-refractivity contribution >= 4 is 23.7 Å². The summed E-state index contributed by atoms with van der Waals surface area (Å²) in [7, 11) is 0. The van der Waals surface area contributed by atoms with E-state index < -0.39 is 17.6 Å². The molecule has 0 fully saturated rings. The average Bonchev–Trinajstić information content (AvgIpc) is 2.54. The molecule has 0 aromatic heterocycles. The Hall–Kier alpha value is -2.54. The number of halogens is 4. The van der Waals surface area contributed by atoms with E-state index in [1.54, 1.807) is 24.3 Å². The van der Waals surface area contributed by atoms with Crippen molar-refractivity contribution in [3.63, 3.8) is 0 Å². The molecule has 1 N–H and O–H groups in total. The fourth-order valence-electron chi connectivity index (χ4n) is 1.69. The standard InChI is InChI=1S/C16H12ClF3N2O2/c17-13-4-6-14(7-5-13)24-10-15(23)22-21-9-11-2-1-3-12(8-11)16(18,19)20/h1-9H,10H2,(H,22,23)/b21-9-. The highest BCUT2D eigenvalue weighted by atomic mass is 35.5. The van der Waals surface area contributed by atoms with Crippen LogP contribution >= 0.6 is 11.6 Å². The topological polar surface area (TPSA) is 50.7 Å². The van der Waals surface area contributed by atoms with Crippen LogP contribution in [0.15, 0.2) is 53.6 Å². The molecule has 1 amide bonds. The molecule has 0 saturated heterocycles. The molecule has 0 aliphatic carbocycles. The number of benzene rings is 2. The van der Waals surface area contributed by atoms with Crippen LogP contribution in [0, 0.1) is 0 Å². The Morgan fingerprint density at radius 3 is 2.58 bits per heavy atom. The fourth-order valence-corrected chi connectivity index (χ4v) is 1.81. The number of rotatable bonds is 5. The lowest BCUT2D eigenvalue weighted by Crippen LogP contribution is -2.24. The van der Waals surface area contributed by atoms with E-state index in [-0.39, 0.29) is 12.2 Å². The molecule has 0 spiro atoms. The van der Waals surface area contributed by atoms with E-state index >= 15 is 0 Å². The number of alkyl halides is 3. The predicted molar refractivity (Wildman–Crippen MR) is 84.1 cm³/mol. The van der Waals surface area contributed by atoms with E-state index in [1.165, 1.54) is 12.1 Å². The third-order valence-electron chi connectivity index (χ3n) is 2.80. The van der Waals surface area contributed by atoms with Crippen LogP contribution in [0.2, 0.25) is 5.02 Å². The first-order valence-corrected chi connectivity index (χ1v) is 7.10. The second-order valence-corrected chi connectivity index (χ2v) is 5.10. The third kappa shape index (κ3) is 5.58. The second kappa shape index (κ2) is 7.83. The zero-order valence-electron chi connectivity index (χ0n) is 12.2. The zero-order chi connectivity index (χ0) is 17.6. The van der Waals surface area contributed by atoms with Crippen LogP contribution in [0.3, 0.4) is 0 Å². The van der Waals surface area contributed by atoms with Gasteiger partial charge >= 0.3 is 6.18 Å². The second-order valence-electron chi connectivity index (χ2n) is 4.66. The first kappa shape index (κ1) is 17.8. The van der Waals surface area contributed by atoms with Crippen molar-refractivity contribution in [2.24, 2.45) is 5.10 Å². The van der Waals surface area contributed by atoms with Gasteiger partial charge in [0.1, 0.15) is 5.75 Å². The number of hydrazone groups is 1. The molecule has 0 unspecified atom stereocenters. The van der Waals surface area contributed by atoms with E-state index in [0.29, 0.717) is 10.8 Å². The van der Waals surface area contributed by atoms with Crippen molar-refractivity contribution in [2.75, 3.05) is 6.61 Å². The van der Waals surface area contributed by atoms with Gasteiger partial charge in [-0.15, -0.1) is 0 Å². The molecule has 0 radical (unpaired) electrons. The van der Waals surface area contributed by atoms with Crippen LogP contribution in [0.4, 0.5) is 13.2 Å². The van der Waals surface area contributed by atoms with Crippen molar-refractivity contribution in [1.29, 1.82) is 0 Å².